The van der Waals surface area contributed by atoms with Crippen molar-refractivity contribution in [2.45, 2.75) is 25.4 Å². The molecule has 0 bridgehead atoms. The van der Waals surface area contributed by atoms with Gasteiger partial charge in [-0.1, -0.05) is 30.7 Å². The van der Waals surface area contributed by atoms with E-state index in [4.69, 9.17) is 11.6 Å². The standard InChI is InChI=1S/C13H18ClNO/c1-10(8-15-6-5-13(16)9-15)11-3-2-4-12(14)7-11/h2-4,7,10,13,16H,5-6,8-9H2,1H3/t10-,13-/m0/s1. The number of aliphatic hydroxyl groups is 1. The summed E-state index contributed by atoms with van der Waals surface area (Å²) in [4.78, 5) is 2.32. The third-order valence-corrected chi connectivity index (χ3v) is 3.43. The first-order valence-electron chi connectivity index (χ1n) is 5.81. The van der Waals surface area contributed by atoms with Gasteiger partial charge in [-0.25, -0.2) is 0 Å². The second-order valence-corrected chi connectivity index (χ2v) is 5.09. The second kappa shape index (κ2) is 5.17. The Morgan fingerprint density at radius 1 is 1.56 bits per heavy atom. The van der Waals surface area contributed by atoms with Gasteiger partial charge < -0.3 is 10.0 Å². The molecule has 0 aliphatic carbocycles. The van der Waals surface area contributed by atoms with Crippen molar-refractivity contribution in [3.63, 3.8) is 0 Å². The van der Waals surface area contributed by atoms with E-state index in [0.29, 0.717) is 5.92 Å². The van der Waals surface area contributed by atoms with Crippen LogP contribution < -0.4 is 0 Å². The first-order valence-corrected chi connectivity index (χ1v) is 6.19. The van der Waals surface area contributed by atoms with E-state index in [2.05, 4.69) is 17.9 Å². The summed E-state index contributed by atoms with van der Waals surface area (Å²) in [7, 11) is 0. The molecule has 1 fully saturated rings. The molecule has 16 heavy (non-hydrogen) atoms. The molecule has 0 spiro atoms. The van der Waals surface area contributed by atoms with Crippen LogP contribution >= 0.6 is 11.6 Å². The maximum absolute atomic E-state index is 9.46. The summed E-state index contributed by atoms with van der Waals surface area (Å²) in [6.45, 7) is 5.02. The maximum atomic E-state index is 9.46. The summed E-state index contributed by atoms with van der Waals surface area (Å²) >= 11 is 5.98. The smallest absolute Gasteiger partial charge is 0.0679 e. The largest absolute Gasteiger partial charge is 0.392 e. The molecular weight excluding hydrogens is 222 g/mol. The minimum atomic E-state index is -0.133. The van der Waals surface area contributed by atoms with E-state index in [9.17, 15) is 5.11 Å². The molecule has 88 valence electrons. The number of β-amino-alcohol motifs (C(OH)–C–C–N with tert-alkyl or cyclic N) is 1. The molecular formula is C13H18ClNO. The fraction of sp³-hybridized carbons (Fsp3) is 0.538. The zero-order chi connectivity index (χ0) is 11.5. The van der Waals surface area contributed by atoms with Gasteiger partial charge in [0.2, 0.25) is 0 Å². The molecule has 1 heterocycles. The number of hydrogen-bond acceptors (Lipinski definition) is 2. The first-order chi connectivity index (χ1) is 7.65. The number of hydrogen-bond donors (Lipinski definition) is 1. The molecule has 1 saturated heterocycles. The van der Waals surface area contributed by atoms with E-state index >= 15 is 0 Å². The summed E-state index contributed by atoms with van der Waals surface area (Å²) < 4.78 is 0. The van der Waals surface area contributed by atoms with E-state index in [1.807, 2.05) is 18.2 Å². The molecule has 2 nitrogen and oxygen atoms in total. The summed E-state index contributed by atoms with van der Waals surface area (Å²) in [5, 5.41) is 10.3. The number of benzene rings is 1. The SMILES string of the molecule is C[C@@H](CN1CC[C@H](O)C1)c1cccc(Cl)c1. The van der Waals surface area contributed by atoms with Crippen LogP contribution in [-0.2, 0) is 0 Å². The van der Waals surface area contributed by atoms with E-state index in [0.717, 1.165) is 31.1 Å². The summed E-state index contributed by atoms with van der Waals surface area (Å²) in [6.07, 6.45) is 0.772. The number of rotatable bonds is 3. The van der Waals surface area contributed by atoms with Crippen LogP contribution in [0.15, 0.2) is 24.3 Å². The molecule has 0 amide bonds. The highest BCUT2D eigenvalue weighted by molar-refractivity contribution is 6.30. The van der Waals surface area contributed by atoms with Crippen LogP contribution in [0, 0.1) is 0 Å². The van der Waals surface area contributed by atoms with Crippen LogP contribution in [0.5, 0.6) is 0 Å². The normalized spacial score (nSPS) is 23.6. The topological polar surface area (TPSA) is 23.5 Å². The molecule has 0 unspecified atom stereocenters. The lowest BCUT2D eigenvalue weighted by Crippen LogP contribution is -2.26. The van der Waals surface area contributed by atoms with Gasteiger partial charge >= 0.3 is 0 Å². The van der Waals surface area contributed by atoms with Crippen LogP contribution in [0.1, 0.15) is 24.8 Å². The molecule has 2 atom stereocenters. The zero-order valence-corrected chi connectivity index (χ0v) is 10.3. The van der Waals surface area contributed by atoms with Crippen molar-refractivity contribution in [1.82, 2.24) is 4.90 Å². The van der Waals surface area contributed by atoms with Gasteiger partial charge in [0.25, 0.3) is 0 Å². The number of halogens is 1. The fourth-order valence-electron chi connectivity index (χ4n) is 2.28. The second-order valence-electron chi connectivity index (χ2n) is 4.66. The molecule has 0 aromatic heterocycles. The Balaban J connectivity index is 1.95. The first kappa shape index (κ1) is 11.9. The predicted octanol–water partition coefficient (Wildman–Crippen LogP) is 2.51. The molecule has 0 saturated carbocycles. The van der Waals surface area contributed by atoms with Crippen molar-refractivity contribution < 1.29 is 5.11 Å². The van der Waals surface area contributed by atoms with Gasteiger partial charge in [0.1, 0.15) is 0 Å². The average molecular weight is 240 g/mol. The molecule has 1 aliphatic rings. The van der Waals surface area contributed by atoms with E-state index < -0.39 is 0 Å². The minimum Gasteiger partial charge on any atom is -0.392 e. The molecule has 0 radical (unpaired) electrons. The third kappa shape index (κ3) is 2.97. The molecule has 2 rings (SSSR count). The van der Waals surface area contributed by atoms with E-state index in [1.165, 1.54) is 5.56 Å². The monoisotopic (exact) mass is 239 g/mol. The van der Waals surface area contributed by atoms with Crippen molar-refractivity contribution in [1.29, 1.82) is 0 Å². The van der Waals surface area contributed by atoms with Crippen molar-refractivity contribution in [2.24, 2.45) is 0 Å². The van der Waals surface area contributed by atoms with Crippen molar-refractivity contribution in [3.8, 4) is 0 Å². The summed E-state index contributed by atoms with van der Waals surface area (Å²) in [5.41, 5.74) is 1.27. The lowest BCUT2D eigenvalue weighted by molar-refractivity contribution is 0.175. The van der Waals surface area contributed by atoms with Gasteiger partial charge in [0.15, 0.2) is 0 Å². The Labute approximate surface area is 102 Å². The van der Waals surface area contributed by atoms with Gasteiger partial charge in [0, 0.05) is 24.7 Å². The van der Waals surface area contributed by atoms with Crippen LogP contribution in [0.25, 0.3) is 0 Å². The summed E-state index contributed by atoms with van der Waals surface area (Å²) in [5.74, 6) is 0.462. The number of likely N-dealkylation sites (tertiary alicyclic amines) is 1. The Bertz CT molecular complexity index is 356. The lowest BCUT2D eigenvalue weighted by Gasteiger charge is -2.20. The van der Waals surface area contributed by atoms with Gasteiger partial charge in [-0.3, -0.25) is 0 Å². The molecule has 1 aromatic carbocycles. The van der Waals surface area contributed by atoms with Crippen LogP contribution in [0.2, 0.25) is 5.02 Å². The fourth-order valence-corrected chi connectivity index (χ4v) is 2.48. The highest BCUT2D eigenvalue weighted by atomic mass is 35.5. The van der Waals surface area contributed by atoms with Gasteiger partial charge in [-0.05, 0) is 30.0 Å². The van der Waals surface area contributed by atoms with Gasteiger partial charge in [-0.15, -0.1) is 0 Å². The van der Waals surface area contributed by atoms with Gasteiger partial charge in [-0.2, -0.15) is 0 Å². The van der Waals surface area contributed by atoms with Crippen molar-refractivity contribution >= 4 is 11.6 Å². The Hall–Kier alpha value is -0.570. The Morgan fingerprint density at radius 2 is 2.38 bits per heavy atom. The van der Waals surface area contributed by atoms with E-state index in [-0.39, 0.29) is 6.10 Å². The molecule has 1 N–H and O–H groups in total. The zero-order valence-electron chi connectivity index (χ0n) is 9.56. The van der Waals surface area contributed by atoms with Crippen molar-refractivity contribution in [2.75, 3.05) is 19.6 Å². The maximum Gasteiger partial charge on any atom is 0.0679 e. The van der Waals surface area contributed by atoms with Gasteiger partial charge in [0.05, 0.1) is 6.10 Å². The van der Waals surface area contributed by atoms with Crippen LogP contribution in [0.4, 0.5) is 0 Å². The molecule has 3 heteroatoms. The summed E-state index contributed by atoms with van der Waals surface area (Å²) in [6, 6.07) is 8.03. The quantitative estimate of drug-likeness (QED) is 0.876. The average Bonchev–Trinajstić information content (AvgIpc) is 2.64. The van der Waals surface area contributed by atoms with Crippen LogP contribution in [-0.4, -0.2) is 35.7 Å². The highest BCUT2D eigenvalue weighted by Crippen LogP contribution is 2.22. The van der Waals surface area contributed by atoms with E-state index in [1.54, 1.807) is 0 Å². The number of aliphatic hydroxyl groups excluding tert-OH is 1. The lowest BCUT2D eigenvalue weighted by atomic mass is 10.0. The van der Waals surface area contributed by atoms with Crippen molar-refractivity contribution in [3.05, 3.63) is 34.9 Å². The minimum absolute atomic E-state index is 0.133. The number of nitrogens with zero attached hydrogens (tertiary/aromatic N) is 1. The molecule has 1 aliphatic heterocycles. The van der Waals surface area contributed by atoms with Crippen LogP contribution in [0.3, 0.4) is 0 Å². The highest BCUT2D eigenvalue weighted by Gasteiger charge is 2.21. The third-order valence-electron chi connectivity index (χ3n) is 3.20. The molecule has 1 aromatic rings. The Morgan fingerprint density at radius 3 is 3.00 bits per heavy atom. The predicted molar refractivity (Wildman–Crippen MR) is 66.9 cm³/mol. The Kier molecular flexibility index (Phi) is 3.85.